The molecule has 244 valence electrons. The first-order chi connectivity index (χ1) is 21.3. The average molecular weight is 635 g/mol. The molecule has 1 fully saturated rings. The molecule has 0 aromatic heterocycles. The number of methoxy groups -OCH3 is 1. The Hall–Kier alpha value is -3.87. The van der Waals surface area contributed by atoms with E-state index in [-0.39, 0.29) is 41.8 Å². The van der Waals surface area contributed by atoms with Gasteiger partial charge in [0.05, 0.1) is 11.7 Å². The smallest absolute Gasteiger partial charge is 0.422 e. The van der Waals surface area contributed by atoms with E-state index in [9.17, 15) is 22.8 Å². The highest BCUT2D eigenvalue weighted by Crippen LogP contribution is 2.36. The molecule has 1 saturated heterocycles. The molecule has 0 saturated carbocycles. The highest BCUT2D eigenvalue weighted by Gasteiger charge is 2.45. The molecule has 0 spiro atoms. The van der Waals surface area contributed by atoms with Gasteiger partial charge >= 0.3 is 18.1 Å². The van der Waals surface area contributed by atoms with E-state index in [4.69, 9.17) is 33.2 Å². The number of hydrogen-bond acceptors (Lipinski definition) is 9. The molecule has 12 heteroatoms. The van der Waals surface area contributed by atoms with E-state index in [1.54, 1.807) is 75.4 Å². The van der Waals surface area contributed by atoms with Crippen molar-refractivity contribution in [1.82, 2.24) is 0 Å². The number of rotatable bonds is 7. The van der Waals surface area contributed by atoms with Gasteiger partial charge in [-0.05, 0) is 57.0 Å². The lowest BCUT2D eigenvalue weighted by atomic mass is 9.98. The van der Waals surface area contributed by atoms with Gasteiger partial charge in [0.25, 0.3) is 0 Å². The van der Waals surface area contributed by atoms with Crippen molar-refractivity contribution in [2.75, 3.05) is 20.5 Å². The van der Waals surface area contributed by atoms with Crippen LogP contribution in [0.1, 0.15) is 60.4 Å². The van der Waals surface area contributed by atoms with Crippen LogP contribution >= 0.6 is 0 Å². The van der Waals surface area contributed by atoms with Gasteiger partial charge in [-0.1, -0.05) is 43.4 Å². The minimum atomic E-state index is -4.59. The van der Waals surface area contributed by atoms with Crippen LogP contribution in [0.25, 0.3) is 6.08 Å². The zero-order valence-corrected chi connectivity index (χ0v) is 25.7. The lowest BCUT2D eigenvalue weighted by Gasteiger charge is -2.25. The Balaban J connectivity index is 1.75. The Kier molecular flexibility index (Phi) is 10.9. The van der Waals surface area contributed by atoms with Crippen molar-refractivity contribution in [2.24, 2.45) is 5.92 Å². The number of alkyl halides is 3. The Morgan fingerprint density at radius 3 is 2.47 bits per heavy atom. The molecular weight excluding hydrogens is 597 g/mol. The first kappa shape index (κ1) is 34.0. The van der Waals surface area contributed by atoms with Gasteiger partial charge in [0, 0.05) is 19.1 Å². The maximum atomic E-state index is 13.5. The maximum absolute atomic E-state index is 13.5. The van der Waals surface area contributed by atoms with Crippen LogP contribution in [0.2, 0.25) is 0 Å². The molecule has 0 radical (unpaired) electrons. The number of halogens is 3. The molecular formula is C33H37F3O9. The molecule has 0 bridgehead atoms. The summed E-state index contributed by atoms with van der Waals surface area (Å²) in [6, 6.07) is 11.0. The molecule has 2 aromatic carbocycles. The fraction of sp³-hybridized carbons (Fsp3) is 0.455. The number of ether oxygens (including phenoxy) is 7. The van der Waals surface area contributed by atoms with Crippen LogP contribution in [0.4, 0.5) is 13.2 Å². The number of carbonyl (C=O) groups is 2. The number of carbonyl (C=O) groups excluding carboxylic acids is 2. The van der Waals surface area contributed by atoms with E-state index >= 15 is 0 Å². The van der Waals surface area contributed by atoms with Gasteiger partial charge < -0.3 is 33.2 Å². The van der Waals surface area contributed by atoms with Crippen LogP contribution in [-0.2, 0) is 23.7 Å². The number of cyclic esters (lactones) is 1. The highest BCUT2D eigenvalue weighted by atomic mass is 19.4. The third-order valence-electron chi connectivity index (χ3n) is 7.15. The largest absolute Gasteiger partial charge is 0.484 e. The van der Waals surface area contributed by atoms with Gasteiger partial charge in [0.15, 0.2) is 19.2 Å². The highest BCUT2D eigenvalue weighted by molar-refractivity contribution is 5.97. The summed E-state index contributed by atoms with van der Waals surface area (Å²) < 4.78 is 78.6. The van der Waals surface area contributed by atoms with Crippen LogP contribution in [-0.4, -0.2) is 68.8 Å². The predicted octanol–water partition coefficient (Wildman–Crippen LogP) is 6.51. The van der Waals surface area contributed by atoms with E-state index in [2.05, 4.69) is 0 Å². The van der Waals surface area contributed by atoms with E-state index in [0.717, 1.165) is 0 Å². The van der Waals surface area contributed by atoms with Crippen LogP contribution in [0.5, 0.6) is 11.5 Å². The van der Waals surface area contributed by atoms with Gasteiger partial charge in [0.1, 0.15) is 35.4 Å². The van der Waals surface area contributed by atoms with E-state index in [1.807, 2.05) is 6.92 Å². The Labute approximate surface area is 259 Å². The summed E-state index contributed by atoms with van der Waals surface area (Å²) in [4.78, 5) is 26.6. The third kappa shape index (κ3) is 9.32. The zero-order chi connectivity index (χ0) is 32.8. The lowest BCUT2D eigenvalue weighted by Crippen LogP contribution is -2.37. The Bertz CT molecular complexity index is 1390. The molecule has 2 aromatic rings. The van der Waals surface area contributed by atoms with Crippen molar-refractivity contribution in [1.29, 1.82) is 0 Å². The standard InChI is InChI=1S/C33H37F3O9/c1-20-14-15-25(43-30(37)22-10-7-6-8-11-22)29-26(44-32(3,4)45-29)13-9-12-23-16-24(40-18-33(34,35)36)17-27(41-19-39-5)28(23)31(38)42-21(20)2/h6-12,14-17,20-21,25-26,29H,13,18-19H2,1-5H3/b12-9+,15-14-/t20-,21+,25?,26+,29-/m1/s1. The minimum Gasteiger partial charge on any atom is -0.484 e. The monoisotopic (exact) mass is 634 g/mol. The number of esters is 2. The molecule has 0 amide bonds. The summed E-state index contributed by atoms with van der Waals surface area (Å²) in [7, 11) is 1.36. The normalized spacial score (nSPS) is 26.4. The van der Waals surface area contributed by atoms with Crippen LogP contribution < -0.4 is 9.47 Å². The lowest BCUT2D eigenvalue weighted by molar-refractivity contribution is -0.153. The summed E-state index contributed by atoms with van der Waals surface area (Å²) >= 11 is 0. The van der Waals surface area contributed by atoms with Crippen molar-refractivity contribution < 1.29 is 55.9 Å². The second kappa shape index (κ2) is 14.5. The van der Waals surface area contributed by atoms with Crippen molar-refractivity contribution in [3.63, 3.8) is 0 Å². The molecule has 4 rings (SSSR count). The first-order valence-corrected chi connectivity index (χ1v) is 14.4. The molecule has 45 heavy (non-hydrogen) atoms. The Morgan fingerprint density at radius 1 is 1.04 bits per heavy atom. The summed E-state index contributed by atoms with van der Waals surface area (Å²) in [6.07, 6.45) is -0.524. The van der Waals surface area contributed by atoms with E-state index in [1.165, 1.54) is 19.2 Å². The molecule has 0 N–H and O–H groups in total. The fourth-order valence-electron chi connectivity index (χ4n) is 4.86. The van der Waals surface area contributed by atoms with Crippen molar-refractivity contribution in [3.8, 4) is 11.5 Å². The number of benzene rings is 2. The summed E-state index contributed by atoms with van der Waals surface area (Å²) in [5.74, 6) is -2.94. The van der Waals surface area contributed by atoms with Crippen LogP contribution in [0.3, 0.4) is 0 Å². The van der Waals surface area contributed by atoms with E-state index < -0.39 is 54.9 Å². The topological polar surface area (TPSA) is 98.8 Å². The van der Waals surface area contributed by atoms with Gasteiger partial charge in [-0.25, -0.2) is 9.59 Å². The van der Waals surface area contributed by atoms with Gasteiger partial charge in [-0.15, -0.1) is 0 Å². The van der Waals surface area contributed by atoms with Crippen molar-refractivity contribution in [3.05, 3.63) is 77.4 Å². The van der Waals surface area contributed by atoms with Gasteiger partial charge in [0.2, 0.25) is 0 Å². The Morgan fingerprint density at radius 2 is 1.78 bits per heavy atom. The SMILES string of the molecule is COCOc1cc(OCC(F)(F)F)cc2c1C(=O)O[C@@H](C)[C@H](C)/C=C\C(OC(=O)c1ccccc1)[C@H]1OC(C)(C)O[C@H]1C/C=C/2. The first-order valence-electron chi connectivity index (χ1n) is 14.4. The molecule has 0 aliphatic carbocycles. The second-order valence-corrected chi connectivity index (χ2v) is 11.2. The molecule has 9 nitrogen and oxygen atoms in total. The zero-order valence-electron chi connectivity index (χ0n) is 25.7. The average Bonchev–Trinajstić information content (AvgIpc) is 3.29. The molecule has 1 unspecified atom stereocenters. The van der Waals surface area contributed by atoms with Crippen LogP contribution in [0.15, 0.2) is 60.7 Å². The van der Waals surface area contributed by atoms with Gasteiger partial charge in [-0.3, -0.25) is 0 Å². The van der Waals surface area contributed by atoms with Gasteiger partial charge in [-0.2, -0.15) is 13.2 Å². The number of fused-ring (bicyclic) bond motifs is 2. The van der Waals surface area contributed by atoms with E-state index in [0.29, 0.717) is 5.56 Å². The maximum Gasteiger partial charge on any atom is 0.422 e. The van der Waals surface area contributed by atoms with Crippen molar-refractivity contribution in [2.45, 2.75) is 70.5 Å². The quantitative estimate of drug-likeness (QED) is 0.192. The minimum absolute atomic E-state index is 0.0158. The third-order valence-corrected chi connectivity index (χ3v) is 7.15. The molecule has 2 aliphatic rings. The predicted molar refractivity (Wildman–Crippen MR) is 157 cm³/mol. The summed E-state index contributed by atoms with van der Waals surface area (Å²) in [5.41, 5.74) is 0.541. The fourth-order valence-corrected chi connectivity index (χ4v) is 4.86. The second-order valence-electron chi connectivity index (χ2n) is 11.2. The van der Waals surface area contributed by atoms with Crippen molar-refractivity contribution >= 4 is 18.0 Å². The summed E-state index contributed by atoms with van der Waals surface area (Å²) in [6.45, 7) is 5.17. The molecule has 2 aliphatic heterocycles. The number of hydrogen-bond donors (Lipinski definition) is 0. The summed E-state index contributed by atoms with van der Waals surface area (Å²) in [5, 5.41) is 0. The van der Waals surface area contributed by atoms with Crippen LogP contribution in [0, 0.1) is 5.92 Å². The molecule has 5 atom stereocenters. The molecule has 2 heterocycles.